The molecule has 0 spiro atoms. The van der Waals surface area contributed by atoms with Crippen LogP contribution < -0.4 is 4.74 Å². The Morgan fingerprint density at radius 2 is 2.06 bits per heavy atom. The molecular weight excluding hydrogens is 216 g/mol. The second kappa shape index (κ2) is 5.07. The van der Waals surface area contributed by atoms with Gasteiger partial charge in [0.05, 0.1) is 18.3 Å². The number of hydrogen-bond donors (Lipinski definition) is 1. The Bertz CT molecular complexity index is 369. The van der Waals surface area contributed by atoms with Crippen LogP contribution in [0.2, 0.25) is 0 Å². The summed E-state index contributed by atoms with van der Waals surface area (Å²) < 4.78 is 10.9. The lowest BCUT2D eigenvalue weighted by Gasteiger charge is -2.43. The minimum absolute atomic E-state index is 0.195. The molecule has 1 aromatic rings. The van der Waals surface area contributed by atoms with E-state index in [1.165, 1.54) is 0 Å². The van der Waals surface area contributed by atoms with Gasteiger partial charge in [-0.2, -0.15) is 0 Å². The fourth-order valence-corrected chi connectivity index (χ4v) is 2.32. The summed E-state index contributed by atoms with van der Waals surface area (Å²) in [6.45, 7) is 5.28. The maximum atomic E-state index is 10.4. The molecule has 1 saturated carbocycles. The molecule has 1 aliphatic rings. The number of benzene rings is 1. The van der Waals surface area contributed by atoms with E-state index >= 15 is 0 Å². The summed E-state index contributed by atoms with van der Waals surface area (Å²) in [5.41, 5.74) is 0.201. The molecule has 0 atom stereocenters. The molecule has 0 amide bonds. The zero-order valence-electron chi connectivity index (χ0n) is 10.5. The first-order valence-electron chi connectivity index (χ1n) is 6.25. The Kier molecular flexibility index (Phi) is 3.69. The average Bonchev–Trinajstić information content (AvgIpc) is 2.28. The monoisotopic (exact) mass is 236 g/mol. The van der Waals surface area contributed by atoms with Gasteiger partial charge in [-0.25, -0.2) is 0 Å². The molecule has 0 radical (unpaired) electrons. The van der Waals surface area contributed by atoms with Crippen molar-refractivity contribution >= 4 is 0 Å². The molecule has 1 fully saturated rings. The van der Waals surface area contributed by atoms with Crippen molar-refractivity contribution in [3.8, 4) is 5.75 Å². The minimum Gasteiger partial charge on any atom is -0.494 e. The third-order valence-electron chi connectivity index (χ3n) is 3.22. The molecule has 0 aliphatic heterocycles. The van der Waals surface area contributed by atoms with Crippen molar-refractivity contribution in [3.05, 3.63) is 29.8 Å². The third-order valence-corrected chi connectivity index (χ3v) is 3.22. The van der Waals surface area contributed by atoms with Gasteiger partial charge in [-0.15, -0.1) is 0 Å². The van der Waals surface area contributed by atoms with E-state index in [1.807, 2.05) is 38.1 Å². The summed E-state index contributed by atoms with van der Waals surface area (Å²) >= 11 is 0. The number of hydrogen-bond acceptors (Lipinski definition) is 3. The Balaban J connectivity index is 2.05. The first kappa shape index (κ1) is 12.4. The van der Waals surface area contributed by atoms with Gasteiger partial charge in [0.15, 0.2) is 0 Å². The highest BCUT2D eigenvalue weighted by molar-refractivity contribution is 5.34. The summed E-state index contributed by atoms with van der Waals surface area (Å²) in [7, 11) is 0. The van der Waals surface area contributed by atoms with Crippen molar-refractivity contribution in [2.24, 2.45) is 0 Å². The lowest BCUT2D eigenvalue weighted by atomic mass is 9.73. The van der Waals surface area contributed by atoms with E-state index in [2.05, 4.69) is 0 Å². The van der Waals surface area contributed by atoms with Crippen LogP contribution in [0.3, 0.4) is 0 Å². The molecule has 1 N–H and O–H groups in total. The lowest BCUT2D eigenvalue weighted by Crippen LogP contribution is -2.45. The predicted molar refractivity (Wildman–Crippen MR) is 66.2 cm³/mol. The molecule has 94 valence electrons. The Labute approximate surface area is 102 Å². The highest BCUT2D eigenvalue weighted by Gasteiger charge is 2.44. The summed E-state index contributed by atoms with van der Waals surface area (Å²) in [6, 6.07) is 7.71. The summed E-state index contributed by atoms with van der Waals surface area (Å²) in [5.74, 6) is 0.818. The van der Waals surface area contributed by atoms with E-state index < -0.39 is 5.60 Å². The smallest absolute Gasteiger partial charge is 0.119 e. The van der Waals surface area contributed by atoms with E-state index in [-0.39, 0.29) is 6.10 Å². The van der Waals surface area contributed by atoms with Gasteiger partial charge in [0.1, 0.15) is 5.75 Å². The number of ether oxygens (including phenoxy) is 2. The molecule has 0 unspecified atom stereocenters. The van der Waals surface area contributed by atoms with Crippen LogP contribution in [0.15, 0.2) is 24.3 Å². The van der Waals surface area contributed by atoms with Gasteiger partial charge in [-0.1, -0.05) is 12.1 Å². The fourth-order valence-electron chi connectivity index (χ4n) is 2.32. The zero-order chi connectivity index (χ0) is 12.3. The Morgan fingerprint density at radius 1 is 1.29 bits per heavy atom. The van der Waals surface area contributed by atoms with Crippen LogP contribution >= 0.6 is 0 Å². The Hall–Kier alpha value is -1.06. The fraction of sp³-hybridized carbons (Fsp3) is 0.571. The van der Waals surface area contributed by atoms with Crippen molar-refractivity contribution in [2.45, 2.75) is 38.4 Å². The van der Waals surface area contributed by atoms with Gasteiger partial charge in [0.25, 0.3) is 0 Å². The maximum absolute atomic E-state index is 10.4. The number of aliphatic hydroxyl groups is 1. The van der Waals surface area contributed by atoms with Crippen LogP contribution in [0.1, 0.15) is 32.3 Å². The van der Waals surface area contributed by atoms with Crippen molar-refractivity contribution in [1.82, 2.24) is 0 Å². The molecule has 3 heteroatoms. The lowest BCUT2D eigenvalue weighted by molar-refractivity contribution is -0.142. The molecule has 17 heavy (non-hydrogen) atoms. The molecule has 0 heterocycles. The molecule has 1 aromatic carbocycles. The van der Waals surface area contributed by atoms with Crippen molar-refractivity contribution in [2.75, 3.05) is 13.2 Å². The van der Waals surface area contributed by atoms with Crippen molar-refractivity contribution in [1.29, 1.82) is 0 Å². The van der Waals surface area contributed by atoms with Gasteiger partial charge in [-0.3, -0.25) is 0 Å². The summed E-state index contributed by atoms with van der Waals surface area (Å²) in [4.78, 5) is 0. The first-order valence-corrected chi connectivity index (χ1v) is 6.25. The second-order valence-corrected chi connectivity index (χ2v) is 4.48. The highest BCUT2D eigenvalue weighted by Crippen LogP contribution is 2.43. The topological polar surface area (TPSA) is 38.7 Å². The highest BCUT2D eigenvalue weighted by atomic mass is 16.5. The van der Waals surface area contributed by atoms with Crippen LogP contribution in [0.5, 0.6) is 5.75 Å². The third kappa shape index (κ3) is 2.61. The zero-order valence-corrected chi connectivity index (χ0v) is 10.5. The van der Waals surface area contributed by atoms with Crippen LogP contribution in [0.4, 0.5) is 0 Å². The molecule has 2 rings (SSSR count). The van der Waals surface area contributed by atoms with E-state index in [1.54, 1.807) is 0 Å². The van der Waals surface area contributed by atoms with Crippen molar-refractivity contribution < 1.29 is 14.6 Å². The summed E-state index contributed by atoms with van der Waals surface area (Å²) in [5, 5.41) is 10.4. The van der Waals surface area contributed by atoms with E-state index in [0.717, 1.165) is 11.3 Å². The van der Waals surface area contributed by atoms with Crippen LogP contribution in [0.25, 0.3) is 0 Å². The molecular formula is C14H20O3. The average molecular weight is 236 g/mol. The summed E-state index contributed by atoms with van der Waals surface area (Å²) in [6.07, 6.45) is 1.55. The van der Waals surface area contributed by atoms with Gasteiger partial charge >= 0.3 is 0 Å². The SMILES string of the molecule is CCOc1cccc(C2(O)CC(OCC)C2)c1. The van der Waals surface area contributed by atoms with Gasteiger partial charge in [-0.05, 0) is 31.5 Å². The van der Waals surface area contributed by atoms with Crippen molar-refractivity contribution in [3.63, 3.8) is 0 Å². The minimum atomic E-state index is -0.729. The maximum Gasteiger partial charge on any atom is 0.119 e. The van der Waals surface area contributed by atoms with Crippen LogP contribution in [-0.4, -0.2) is 24.4 Å². The number of rotatable bonds is 5. The first-order chi connectivity index (χ1) is 8.18. The molecule has 0 aromatic heterocycles. The normalized spacial score (nSPS) is 27.6. The Morgan fingerprint density at radius 3 is 2.71 bits per heavy atom. The molecule has 1 aliphatic carbocycles. The molecule has 0 bridgehead atoms. The largest absolute Gasteiger partial charge is 0.494 e. The predicted octanol–water partition coefficient (Wildman–Crippen LogP) is 2.47. The standard InChI is InChI=1S/C14H20O3/c1-3-16-12-7-5-6-11(8-12)14(15)9-13(10-14)17-4-2/h5-8,13,15H,3-4,9-10H2,1-2H3. The van der Waals surface area contributed by atoms with E-state index in [0.29, 0.717) is 26.1 Å². The van der Waals surface area contributed by atoms with E-state index in [4.69, 9.17) is 9.47 Å². The van der Waals surface area contributed by atoms with Gasteiger partial charge in [0.2, 0.25) is 0 Å². The van der Waals surface area contributed by atoms with Gasteiger partial charge < -0.3 is 14.6 Å². The van der Waals surface area contributed by atoms with E-state index in [9.17, 15) is 5.11 Å². The van der Waals surface area contributed by atoms with Gasteiger partial charge in [0, 0.05) is 19.4 Å². The molecule has 0 saturated heterocycles. The van der Waals surface area contributed by atoms with Crippen LogP contribution in [0, 0.1) is 0 Å². The second-order valence-electron chi connectivity index (χ2n) is 4.48. The van der Waals surface area contributed by atoms with Crippen LogP contribution in [-0.2, 0) is 10.3 Å². The molecule has 3 nitrogen and oxygen atoms in total. The quantitative estimate of drug-likeness (QED) is 0.853.